The van der Waals surface area contributed by atoms with Crippen LogP contribution in [0.2, 0.25) is 0 Å². The predicted octanol–water partition coefficient (Wildman–Crippen LogP) is 2.53. The third kappa shape index (κ3) is 3.66. The van der Waals surface area contributed by atoms with Gasteiger partial charge >= 0.3 is 6.03 Å². The summed E-state index contributed by atoms with van der Waals surface area (Å²) in [6, 6.07) is 6.88. The molecule has 0 radical (unpaired) electrons. The molecule has 0 aliphatic heterocycles. The number of fused-ring (bicyclic) bond motifs is 1. The Labute approximate surface area is 147 Å². The van der Waals surface area contributed by atoms with Gasteiger partial charge in [-0.3, -0.25) is 10.1 Å². The molecule has 3 rings (SSSR count). The molecule has 1 atom stereocenters. The number of benzene rings is 1. The lowest BCUT2D eigenvalue weighted by molar-refractivity contribution is -0.120. The Morgan fingerprint density at radius 2 is 2.04 bits per heavy atom. The van der Waals surface area contributed by atoms with Crippen molar-refractivity contribution in [2.75, 3.05) is 0 Å². The van der Waals surface area contributed by atoms with E-state index < -0.39 is 17.2 Å². The number of carbonyl (C=O) groups excluding carboxylic acids is 2. The monoisotopic (exact) mass is 359 g/mol. The SMILES string of the molecule is CC(C)C(Sc1nnc(-c2c[nH]c3ccccc23)o1)C(=O)NC(N)=O. The van der Waals surface area contributed by atoms with Crippen LogP contribution in [-0.4, -0.2) is 32.4 Å². The number of nitrogens with one attached hydrogen (secondary N) is 2. The van der Waals surface area contributed by atoms with Gasteiger partial charge in [-0.2, -0.15) is 0 Å². The molecule has 4 N–H and O–H groups in total. The molecule has 3 aromatic rings. The molecule has 0 saturated carbocycles. The molecule has 1 unspecified atom stereocenters. The van der Waals surface area contributed by atoms with Crippen molar-refractivity contribution >= 4 is 34.6 Å². The number of H-pyrrole nitrogens is 1. The first kappa shape index (κ1) is 17.0. The Balaban J connectivity index is 1.83. The largest absolute Gasteiger partial charge is 0.411 e. The van der Waals surface area contributed by atoms with E-state index in [0.29, 0.717) is 5.89 Å². The molecule has 0 aliphatic rings. The van der Waals surface area contributed by atoms with Gasteiger partial charge in [-0.05, 0) is 12.0 Å². The number of thioether (sulfide) groups is 1. The van der Waals surface area contributed by atoms with Crippen molar-refractivity contribution < 1.29 is 14.0 Å². The Morgan fingerprint density at radius 1 is 1.28 bits per heavy atom. The molecule has 2 aromatic heterocycles. The van der Waals surface area contributed by atoms with Gasteiger partial charge in [0.25, 0.3) is 11.1 Å². The lowest BCUT2D eigenvalue weighted by Crippen LogP contribution is -2.42. The first-order valence-corrected chi connectivity index (χ1v) is 8.50. The predicted molar refractivity (Wildman–Crippen MR) is 93.8 cm³/mol. The van der Waals surface area contributed by atoms with Crippen molar-refractivity contribution in [3.8, 4) is 11.5 Å². The van der Waals surface area contributed by atoms with Crippen molar-refractivity contribution in [3.63, 3.8) is 0 Å². The fourth-order valence-corrected chi connectivity index (χ4v) is 3.28. The Morgan fingerprint density at radius 3 is 2.76 bits per heavy atom. The number of hydrogen-bond donors (Lipinski definition) is 3. The lowest BCUT2D eigenvalue weighted by atomic mass is 10.1. The van der Waals surface area contributed by atoms with E-state index in [0.717, 1.165) is 28.2 Å². The van der Waals surface area contributed by atoms with Gasteiger partial charge in [0.2, 0.25) is 5.91 Å². The highest BCUT2D eigenvalue weighted by molar-refractivity contribution is 8.00. The number of rotatable bonds is 5. The zero-order valence-corrected chi connectivity index (χ0v) is 14.5. The minimum atomic E-state index is -0.888. The van der Waals surface area contributed by atoms with Crippen LogP contribution >= 0.6 is 11.8 Å². The average Bonchev–Trinajstić information content (AvgIpc) is 3.17. The fraction of sp³-hybridized carbons (Fsp3) is 0.250. The van der Waals surface area contributed by atoms with E-state index in [-0.39, 0.29) is 11.1 Å². The molecule has 1 aromatic carbocycles. The van der Waals surface area contributed by atoms with E-state index in [1.807, 2.05) is 38.1 Å². The number of urea groups is 1. The van der Waals surface area contributed by atoms with Gasteiger partial charge in [-0.25, -0.2) is 4.79 Å². The van der Waals surface area contributed by atoms with Crippen LogP contribution in [0.5, 0.6) is 0 Å². The summed E-state index contributed by atoms with van der Waals surface area (Å²) >= 11 is 1.10. The molecule has 9 heteroatoms. The van der Waals surface area contributed by atoms with Crippen LogP contribution in [0.15, 0.2) is 40.1 Å². The Hall–Kier alpha value is -2.81. The van der Waals surface area contributed by atoms with Gasteiger partial charge in [0.05, 0.1) is 10.8 Å². The number of para-hydroxylation sites is 1. The smallest absolute Gasteiger partial charge is 0.318 e. The molecule has 0 bridgehead atoms. The molecule has 3 amide bonds. The number of hydrogen-bond acceptors (Lipinski definition) is 6. The average molecular weight is 359 g/mol. The molecule has 0 fully saturated rings. The molecule has 0 spiro atoms. The maximum Gasteiger partial charge on any atom is 0.318 e. The van der Waals surface area contributed by atoms with Crippen LogP contribution < -0.4 is 11.1 Å². The van der Waals surface area contributed by atoms with Crippen molar-refractivity contribution in [1.82, 2.24) is 20.5 Å². The zero-order chi connectivity index (χ0) is 18.0. The number of amides is 3. The Kier molecular flexibility index (Phi) is 4.75. The minimum absolute atomic E-state index is 0.0622. The van der Waals surface area contributed by atoms with Crippen molar-refractivity contribution in [2.45, 2.75) is 24.3 Å². The van der Waals surface area contributed by atoms with Gasteiger partial charge in [-0.1, -0.05) is 43.8 Å². The molecule has 25 heavy (non-hydrogen) atoms. The maximum atomic E-state index is 12.1. The van der Waals surface area contributed by atoms with Crippen LogP contribution in [0.1, 0.15) is 13.8 Å². The molecule has 130 valence electrons. The standard InChI is InChI=1S/C16H17N5O3S/c1-8(2)12(13(22)19-15(17)23)25-16-21-20-14(24-16)10-7-18-11-6-4-3-5-9(10)11/h3-8,12,18H,1-2H3,(H3,17,19,22,23). The highest BCUT2D eigenvalue weighted by Gasteiger charge is 2.27. The number of aromatic amines is 1. The summed E-state index contributed by atoms with van der Waals surface area (Å²) in [6.45, 7) is 3.71. The summed E-state index contributed by atoms with van der Waals surface area (Å²) in [4.78, 5) is 26.1. The third-order valence-electron chi connectivity index (χ3n) is 3.56. The fourth-order valence-electron chi connectivity index (χ4n) is 2.41. The lowest BCUT2D eigenvalue weighted by Gasteiger charge is -2.16. The van der Waals surface area contributed by atoms with Gasteiger partial charge in [-0.15, -0.1) is 10.2 Å². The van der Waals surface area contributed by atoms with E-state index in [2.05, 4.69) is 20.5 Å². The molecular weight excluding hydrogens is 342 g/mol. The summed E-state index contributed by atoms with van der Waals surface area (Å²) in [5.41, 5.74) is 6.76. The Bertz CT molecular complexity index is 917. The minimum Gasteiger partial charge on any atom is -0.411 e. The van der Waals surface area contributed by atoms with E-state index in [1.165, 1.54) is 0 Å². The number of carbonyl (C=O) groups is 2. The first-order valence-electron chi connectivity index (χ1n) is 7.62. The second-order valence-corrected chi connectivity index (χ2v) is 6.85. The summed E-state index contributed by atoms with van der Waals surface area (Å²) in [7, 11) is 0. The van der Waals surface area contributed by atoms with Crippen molar-refractivity contribution in [1.29, 1.82) is 0 Å². The summed E-state index contributed by atoms with van der Waals surface area (Å²) in [6.07, 6.45) is 1.80. The van der Waals surface area contributed by atoms with Gasteiger partial charge in [0, 0.05) is 17.1 Å². The number of nitrogens with zero attached hydrogens (tertiary/aromatic N) is 2. The van der Waals surface area contributed by atoms with Crippen molar-refractivity contribution in [2.24, 2.45) is 11.7 Å². The molecular formula is C16H17N5O3S. The third-order valence-corrected chi connectivity index (χ3v) is 4.94. The van der Waals surface area contributed by atoms with Crippen LogP contribution in [0.25, 0.3) is 22.4 Å². The van der Waals surface area contributed by atoms with E-state index >= 15 is 0 Å². The maximum absolute atomic E-state index is 12.1. The van der Waals surface area contributed by atoms with Crippen LogP contribution in [-0.2, 0) is 4.79 Å². The first-order chi connectivity index (χ1) is 12.0. The van der Waals surface area contributed by atoms with E-state index in [4.69, 9.17) is 10.2 Å². The topological polar surface area (TPSA) is 127 Å². The number of imide groups is 1. The zero-order valence-electron chi connectivity index (χ0n) is 13.6. The normalized spacial score (nSPS) is 12.4. The van der Waals surface area contributed by atoms with Crippen molar-refractivity contribution in [3.05, 3.63) is 30.5 Å². The summed E-state index contributed by atoms with van der Waals surface area (Å²) < 4.78 is 5.70. The van der Waals surface area contributed by atoms with Gasteiger partial charge < -0.3 is 15.1 Å². The summed E-state index contributed by atoms with van der Waals surface area (Å²) in [5.74, 6) is -0.190. The van der Waals surface area contributed by atoms with E-state index in [1.54, 1.807) is 6.20 Å². The molecule has 8 nitrogen and oxygen atoms in total. The number of nitrogens with two attached hydrogens (primary N) is 1. The highest BCUT2D eigenvalue weighted by Crippen LogP contribution is 2.32. The quantitative estimate of drug-likeness (QED) is 0.601. The van der Waals surface area contributed by atoms with Gasteiger partial charge in [0.1, 0.15) is 0 Å². The highest BCUT2D eigenvalue weighted by atomic mass is 32.2. The second kappa shape index (κ2) is 6.98. The number of aromatic nitrogens is 3. The van der Waals surface area contributed by atoms with Gasteiger partial charge in [0.15, 0.2) is 0 Å². The van der Waals surface area contributed by atoms with Crippen LogP contribution in [0, 0.1) is 5.92 Å². The van der Waals surface area contributed by atoms with E-state index in [9.17, 15) is 9.59 Å². The number of primary amides is 1. The van der Waals surface area contributed by atoms with Crippen LogP contribution in [0.3, 0.4) is 0 Å². The van der Waals surface area contributed by atoms with Crippen LogP contribution in [0.4, 0.5) is 4.79 Å². The second-order valence-electron chi connectivity index (χ2n) is 5.76. The molecule has 0 saturated heterocycles. The molecule has 0 aliphatic carbocycles. The summed E-state index contributed by atoms with van der Waals surface area (Å²) in [5, 5.41) is 10.8. The molecule has 2 heterocycles.